The number of hydrogen-bond acceptors (Lipinski definition) is 4. The Labute approximate surface area is 111 Å². The molecule has 1 fully saturated rings. The highest BCUT2D eigenvalue weighted by molar-refractivity contribution is 7.15. The van der Waals surface area contributed by atoms with Crippen LogP contribution in [0.5, 0.6) is 0 Å². The van der Waals surface area contributed by atoms with Crippen LogP contribution in [0.2, 0.25) is 0 Å². The molecule has 0 bridgehead atoms. The highest BCUT2D eigenvalue weighted by Gasteiger charge is 2.34. The highest BCUT2D eigenvalue weighted by Crippen LogP contribution is 2.33. The Bertz CT molecular complexity index is 441. The zero-order valence-electron chi connectivity index (χ0n) is 10.5. The van der Waals surface area contributed by atoms with Crippen LogP contribution in [0, 0.1) is 0 Å². The van der Waals surface area contributed by atoms with Crippen LogP contribution in [0.4, 0.5) is 5.13 Å². The van der Waals surface area contributed by atoms with Gasteiger partial charge in [0.15, 0.2) is 5.13 Å². The van der Waals surface area contributed by atoms with Crippen LogP contribution in [-0.2, 0) is 17.6 Å². The molecular weight excluding hydrogens is 246 g/mol. The molecule has 0 saturated heterocycles. The molecule has 3 rings (SSSR count). The van der Waals surface area contributed by atoms with Crippen molar-refractivity contribution in [3.8, 4) is 0 Å². The third kappa shape index (κ3) is 2.42. The number of aryl methyl sites for hydroxylation is 2. The molecule has 1 aromatic heterocycles. The summed E-state index contributed by atoms with van der Waals surface area (Å²) in [5, 5.41) is 3.67. The predicted molar refractivity (Wildman–Crippen MR) is 72.8 cm³/mol. The Morgan fingerprint density at radius 1 is 1.33 bits per heavy atom. The molecule has 0 aliphatic heterocycles. The number of nitrogens with zero attached hydrogens (tertiary/aromatic N) is 1. The number of anilines is 1. The van der Waals surface area contributed by atoms with Gasteiger partial charge >= 0.3 is 0 Å². The number of hydrogen-bond donors (Lipinski definition) is 2. The molecule has 4 nitrogen and oxygen atoms in total. The van der Waals surface area contributed by atoms with E-state index in [-0.39, 0.29) is 11.4 Å². The molecule has 0 spiro atoms. The lowest BCUT2D eigenvalue weighted by atomic mass is 9.75. The van der Waals surface area contributed by atoms with E-state index in [1.54, 1.807) is 11.3 Å². The van der Waals surface area contributed by atoms with Gasteiger partial charge in [-0.25, -0.2) is 4.98 Å². The second-order valence-electron chi connectivity index (χ2n) is 5.54. The van der Waals surface area contributed by atoms with Crippen molar-refractivity contribution < 1.29 is 4.79 Å². The average Bonchev–Trinajstić information content (AvgIpc) is 2.68. The maximum Gasteiger partial charge on any atom is 0.228 e. The van der Waals surface area contributed by atoms with Gasteiger partial charge < -0.3 is 11.1 Å². The van der Waals surface area contributed by atoms with Crippen LogP contribution in [0.15, 0.2) is 0 Å². The third-order valence-electron chi connectivity index (χ3n) is 3.95. The third-order valence-corrected chi connectivity index (χ3v) is 5.03. The summed E-state index contributed by atoms with van der Waals surface area (Å²) in [6, 6.07) is 0. The lowest BCUT2D eigenvalue weighted by Gasteiger charge is -2.37. The molecular formula is C13H19N3OS. The molecule has 1 amide bonds. The number of aromatic nitrogens is 1. The van der Waals surface area contributed by atoms with E-state index in [9.17, 15) is 4.79 Å². The van der Waals surface area contributed by atoms with Gasteiger partial charge in [0.25, 0.3) is 0 Å². The fourth-order valence-electron chi connectivity index (χ4n) is 2.70. The number of amides is 1. The number of fused-ring (bicyclic) bond motifs is 1. The van der Waals surface area contributed by atoms with Crippen molar-refractivity contribution in [2.45, 2.75) is 56.9 Å². The fraction of sp³-hybridized carbons (Fsp3) is 0.692. The van der Waals surface area contributed by atoms with Crippen molar-refractivity contribution >= 4 is 22.4 Å². The first-order chi connectivity index (χ1) is 8.65. The summed E-state index contributed by atoms with van der Waals surface area (Å²) in [6.07, 6.45) is 8.15. The van der Waals surface area contributed by atoms with Crippen molar-refractivity contribution in [3.05, 3.63) is 10.6 Å². The zero-order chi connectivity index (χ0) is 12.6. The highest BCUT2D eigenvalue weighted by atomic mass is 32.1. The first-order valence-corrected chi connectivity index (χ1v) is 7.54. The number of rotatable bonds is 3. The summed E-state index contributed by atoms with van der Waals surface area (Å²) in [5.74, 6) is 0.0169. The van der Waals surface area contributed by atoms with Gasteiger partial charge in [-0.15, -0.1) is 11.3 Å². The summed E-state index contributed by atoms with van der Waals surface area (Å²) in [5.41, 5.74) is 7.02. The van der Waals surface area contributed by atoms with Crippen LogP contribution < -0.4 is 11.1 Å². The molecule has 2 aliphatic rings. The maximum absolute atomic E-state index is 11.9. The van der Waals surface area contributed by atoms with Crippen molar-refractivity contribution in [1.29, 1.82) is 0 Å². The molecule has 1 heterocycles. The minimum absolute atomic E-state index is 0.0169. The van der Waals surface area contributed by atoms with Crippen LogP contribution in [0.1, 0.15) is 49.1 Å². The second kappa shape index (κ2) is 4.63. The first-order valence-electron chi connectivity index (χ1n) is 6.72. The van der Waals surface area contributed by atoms with E-state index in [0.29, 0.717) is 6.42 Å². The van der Waals surface area contributed by atoms with E-state index in [4.69, 9.17) is 5.73 Å². The van der Waals surface area contributed by atoms with Gasteiger partial charge in [0.2, 0.25) is 5.91 Å². The monoisotopic (exact) mass is 265 g/mol. The number of nitrogens with one attached hydrogen (secondary N) is 1. The molecule has 3 N–H and O–H groups in total. The van der Waals surface area contributed by atoms with Gasteiger partial charge in [0.05, 0.1) is 5.69 Å². The number of carbonyl (C=O) groups is 1. The minimum Gasteiger partial charge on any atom is -0.325 e. The molecule has 98 valence electrons. The van der Waals surface area contributed by atoms with E-state index in [1.807, 2.05) is 0 Å². The first kappa shape index (κ1) is 12.1. The Morgan fingerprint density at radius 3 is 2.78 bits per heavy atom. The summed E-state index contributed by atoms with van der Waals surface area (Å²) in [4.78, 5) is 17.8. The summed E-state index contributed by atoms with van der Waals surface area (Å²) in [7, 11) is 0. The lowest BCUT2D eigenvalue weighted by molar-refractivity contribution is -0.118. The summed E-state index contributed by atoms with van der Waals surface area (Å²) >= 11 is 1.63. The molecule has 0 radical (unpaired) electrons. The normalized spacial score (nSPS) is 20.9. The van der Waals surface area contributed by atoms with Crippen molar-refractivity contribution in [3.63, 3.8) is 0 Å². The number of nitrogens with two attached hydrogens (primary N) is 1. The fourth-order valence-corrected chi connectivity index (χ4v) is 3.76. The van der Waals surface area contributed by atoms with Gasteiger partial charge in [-0.3, -0.25) is 4.79 Å². The van der Waals surface area contributed by atoms with E-state index < -0.39 is 0 Å². The van der Waals surface area contributed by atoms with E-state index in [0.717, 1.165) is 37.2 Å². The maximum atomic E-state index is 11.9. The predicted octanol–water partition coefficient (Wildman–Crippen LogP) is 2.23. The van der Waals surface area contributed by atoms with Crippen molar-refractivity contribution in [2.75, 3.05) is 5.32 Å². The van der Waals surface area contributed by atoms with E-state index >= 15 is 0 Å². The molecule has 0 unspecified atom stereocenters. The van der Waals surface area contributed by atoms with E-state index in [1.165, 1.54) is 23.4 Å². The summed E-state index contributed by atoms with van der Waals surface area (Å²) in [6.45, 7) is 0. The van der Waals surface area contributed by atoms with Gasteiger partial charge in [-0.1, -0.05) is 0 Å². The molecule has 0 atom stereocenters. The molecule has 18 heavy (non-hydrogen) atoms. The van der Waals surface area contributed by atoms with Gasteiger partial charge in [-0.2, -0.15) is 0 Å². The van der Waals surface area contributed by atoms with Crippen molar-refractivity contribution in [2.24, 2.45) is 5.73 Å². The number of carbonyl (C=O) groups excluding carboxylic acids is 1. The Morgan fingerprint density at radius 2 is 2.11 bits per heavy atom. The molecule has 1 aromatic rings. The van der Waals surface area contributed by atoms with Gasteiger partial charge in [-0.05, 0) is 44.9 Å². The lowest BCUT2D eigenvalue weighted by Crippen LogP contribution is -2.48. The quantitative estimate of drug-likeness (QED) is 0.880. The summed E-state index contributed by atoms with van der Waals surface area (Å²) < 4.78 is 0. The van der Waals surface area contributed by atoms with Crippen LogP contribution in [0.3, 0.4) is 0 Å². The topological polar surface area (TPSA) is 68.0 Å². The van der Waals surface area contributed by atoms with Gasteiger partial charge in [0.1, 0.15) is 0 Å². The van der Waals surface area contributed by atoms with E-state index in [2.05, 4.69) is 10.3 Å². The Hall–Kier alpha value is -0.940. The Kier molecular flexibility index (Phi) is 3.11. The largest absolute Gasteiger partial charge is 0.325 e. The SMILES string of the molecule is NC1(CC(=O)Nc2nc3c(s2)CCCC3)CCC1. The minimum atomic E-state index is -0.249. The standard InChI is InChI=1S/C13H19N3OS/c14-13(6-3-7-13)8-11(17)16-12-15-9-4-1-2-5-10(9)18-12/h1-8,14H2,(H,15,16,17). The molecule has 0 aromatic carbocycles. The molecule has 1 saturated carbocycles. The Balaban J connectivity index is 1.61. The van der Waals surface area contributed by atoms with Crippen molar-refractivity contribution in [1.82, 2.24) is 4.98 Å². The van der Waals surface area contributed by atoms with Crippen LogP contribution >= 0.6 is 11.3 Å². The zero-order valence-corrected chi connectivity index (χ0v) is 11.3. The van der Waals surface area contributed by atoms with Crippen LogP contribution in [-0.4, -0.2) is 16.4 Å². The second-order valence-corrected chi connectivity index (χ2v) is 6.62. The molecule has 5 heteroatoms. The average molecular weight is 265 g/mol. The molecule has 2 aliphatic carbocycles. The smallest absolute Gasteiger partial charge is 0.228 e. The van der Waals surface area contributed by atoms with Gasteiger partial charge in [0, 0.05) is 16.8 Å². The van der Waals surface area contributed by atoms with Crippen LogP contribution in [0.25, 0.3) is 0 Å². The number of thiazole rings is 1.